The highest BCUT2D eigenvalue weighted by atomic mass is 16.5. The Balaban J connectivity index is 1.66. The van der Waals surface area contributed by atoms with Gasteiger partial charge in [0.05, 0.1) is 18.5 Å². The summed E-state index contributed by atoms with van der Waals surface area (Å²) in [7, 11) is 0. The minimum absolute atomic E-state index is 0.397. The predicted octanol–water partition coefficient (Wildman–Crippen LogP) is 2.37. The molecule has 0 aliphatic carbocycles. The van der Waals surface area contributed by atoms with Gasteiger partial charge in [-0.05, 0) is 38.8 Å². The zero-order chi connectivity index (χ0) is 11.4. The van der Waals surface area contributed by atoms with Gasteiger partial charge in [-0.3, -0.25) is 0 Å². The van der Waals surface area contributed by atoms with Crippen LogP contribution in [0.2, 0.25) is 0 Å². The lowest BCUT2D eigenvalue weighted by Crippen LogP contribution is -2.35. The van der Waals surface area contributed by atoms with Crippen molar-refractivity contribution < 1.29 is 9.15 Å². The summed E-state index contributed by atoms with van der Waals surface area (Å²) in [5.41, 5.74) is 0. The monoisotopic (exact) mass is 223 g/mol. The molecule has 1 N–H and O–H groups in total. The van der Waals surface area contributed by atoms with Crippen LogP contribution in [-0.2, 0) is 11.2 Å². The Morgan fingerprint density at radius 2 is 2.38 bits per heavy atom. The fourth-order valence-corrected chi connectivity index (χ4v) is 2.17. The van der Waals surface area contributed by atoms with Crippen LogP contribution in [0.15, 0.2) is 22.8 Å². The van der Waals surface area contributed by atoms with Crippen molar-refractivity contribution in [2.45, 2.75) is 51.4 Å². The van der Waals surface area contributed by atoms with Crippen LogP contribution >= 0.6 is 0 Å². The van der Waals surface area contributed by atoms with E-state index in [2.05, 4.69) is 19.2 Å². The highest BCUT2D eigenvalue weighted by Gasteiger charge is 2.21. The van der Waals surface area contributed by atoms with E-state index in [0.717, 1.165) is 18.7 Å². The fourth-order valence-electron chi connectivity index (χ4n) is 2.17. The lowest BCUT2D eigenvalue weighted by Gasteiger charge is -2.16. The van der Waals surface area contributed by atoms with E-state index >= 15 is 0 Å². The van der Waals surface area contributed by atoms with Gasteiger partial charge in [-0.25, -0.2) is 0 Å². The molecule has 0 saturated carbocycles. The van der Waals surface area contributed by atoms with Crippen molar-refractivity contribution in [3.05, 3.63) is 24.2 Å². The van der Waals surface area contributed by atoms with Gasteiger partial charge in [0, 0.05) is 19.0 Å². The summed E-state index contributed by atoms with van der Waals surface area (Å²) >= 11 is 0. The number of ether oxygens (including phenoxy) is 1. The summed E-state index contributed by atoms with van der Waals surface area (Å²) < 4.78 is 11.1. The van der Waals surface area contributed by atoms with Crippen LogP contribution in [0, 0.1) is 0 Å². The Labute approximate surface area is 97.2 Å². The topological polar surface area (TPSA) is 34.4 Å². The smallest absolute Gasteiger partial charge is 0.105 e. The van der Waals surface area contributed by atoms with Crippen LogP contribution in [0.1, 0.15) is 32.4 Å². The molecular weight excluding hydrogens is 202 g/mol. The molecule has 1 aromatic heterocycles. The maximum absolute atomic E-state index is 5.76. The average molecular weight is 223 g/mol. The molecule has 0 radical (unpaired) electrons. The second-order valence-electron chi connectivity index (χ2n) is 4.74. The van der Waals surface area contributed by atoms with Crippen molar-refractivity contribution in [1.82, 2.24) is 5.32 Å². The Bertz CT molecular complexity index is 297. The zero-order valence-corrected chi connectivity index (χ0v) is 10.1. The van der Waals surface area contributed by atoms with Gasteiger partial charge in [0.1, 0.15) is 5.76 Å². The molecule has 3 unspecified atom stereocenters. The van der Waals surface area contributed by atoms with E-state index in [1.807, 2.05) is 12.1 Å². The second kappa shape index (κ2) is 5.51. The Hall–Kier alpha value is -0.800. The molecule has 2 heterocycles. The molecule has 1 fully saturated rings. The maximum atomic E-state index is 5.76. The molecule has 1 aliphatic rings. The molecule has 0 amide bonds. The van der Waals surface area contributed by atoms with Crippen LogP contribution in [0.3, 0.4) is 0 Å². The lowest BCUT2D eigenvalue weighted by atomic mass is 10.1. The minimum atomic E-state index is 0.397. The quantitative estimate of drug-likeness (QED) is 0.832. The molecule has 3 heteroatoms. The average Bonchev–Trinajstić information content (AvgIpc) is 2.87. The molecule has 16 heavy (non-hydrogen) atoms. The lowest BCUT2D eigenvalue weighted by molar-refractivity contribution is 0.0545. The number of nitrogens with one attached hydrogen (secondary N) is 1. The van der Waals surface area contributed by atoms with Crippen molar-refractivity contribution in [3.8, 4) is 0 Å². The van der Waals surface area contributed by atoms with Crippen molar-refractivity contribution in [2.24, 2.45) is 0 Å². The van der Waals surface area contributed by atoms with Crippen LogP contribution in [0.5, 0.6) is 0 Å². The van der Waals surface area contributed by atoms with Crippen molar-refractivity contribution in [2.75, 3.05) is 6.54 Å². The largest absolute Gasteiger partial charge is 0.469 e. The third-order valence-corrected chi connectivity index (χ3v) is 3.10. The van der Waals surface area contributed by atoms with E-state index in [4.69, 9.17) is 9.15 Å². The summed E-state index contributed by atoms with van der Waals surface area (Å²) in [6.45, 7) is 5.28. The van der Waals surface area contributed by atoms with E-state index < -0.39 is 0 Å². The van der Waals surface area contributed by atoms with Gasteiger partial charge < -0.3 is 14.5 Å². The third kappa shape index (κ3) is 3.35. The molecule has 1 aromatic rings. The molecule has 0 bridgehead atoms. The van der Waals surface area contributed by atoms with Gasteiger partial charge in [-0.2, -0.15) is 0 Å². The SMILES string of the molecule is CC(Cc1ccco1)NCC1CCC(C)O1. The minimum Gasteiger partial charge on any atom is -0.469 e. The van der Waals surface area contributed by atoms with Gasteiger partial charge in [0.25, 0.3) is 0 Å². The number of hydrogen-bond donors (Lipinski definition) is 1. The molecule has 3 nitrogen and oxygen atoms in total. The second-order valence-corrected chi connectivity index (χ2v) is 4.74. The molecule has 0 aromatic carbocycles. The first-order valence-electron chi connectivity index (χ1n) is 6.15. The van der Waals surface area contributed by atoms with E-state index in [1.165, 1.54) is 12.8 Å². The summed E-state index contributed by atoms with van der Waals surface area (Å²) in [6, 6.07) is 4.39. The normalized spacial score (nSPS) is 27.1. The van der Waals surface area contributed by atoms with Crippen molar-refractivity contribution in [1.29, 1.82) is 0 Å². The molecule has 3 atom stereocenters. The molecule has 2 rings (SSSR count). The van der Waals surface area contributed by atoms with Crippen molar-refractivity contribution >= 4 is 0 Å². The first kappa shape index (κ1) is 11.7. The van der Waals surface area contributed by atoms with E-state index in [0.29, 0.717) is 18.2 Å². The number of rotatable bonds is 5. The van der Waals surface area contributed by atoms with Crippen LogP contribution in [-0.4, -0.2) is 24.8 Å². The van der Waals surface area contributed by atoms with Crippen LogP contribution in [0.4, 0.5) is 0 Å². The predicted molar refractivity (Wildman–Crippen MR) is 63.4 cm³/mol. The van der Waals surface area contributed by atoms with E-state index in [1.54, 1.807) is 6.26 Å². The first-order valence-corrected chi connectivity index (χ1v) is 6.15. The van der Waals surface area contributed by atoms with E-state index in [9.17, 15) is 0 Å². The highest BCUT2D eigenvalue weighted by molar-refractivity contribution is 4.99. The van der Waals surface area contributed by atoms with Crippen molar-refractivity contribution in [3.63, 3.8) is 0 Å². The molecule has 90 valence electrons. The van der Waals surface area contributed by atoms with Crippen LogP contribution in [0.25, 0.3) is 0 Å². The van der Waals surface area contributed by atoms with Gasteiger partial charge in [0.15, 0.2) is 0 Å². The fraction of sp³-hybridized carbons (Fsp3) is 0.692. The Morgan fingerprint density at radius 3 is 3.00 bits per heavy atom. The summed E-state index contributed by atoms with van der Waals surface area (Å²) in [5, 5.41) is 3.50. The van der Waals surface area contributed by atoms with Crippen LogP contribution < -0.4 is 5.32 Å². The van der Waals surface area contributed by atoms with Gasteiger partial charge in [-0.1, -0.05) is 0 Å². The summed E-state index contributed by atoms with van der Waals surface area (Å²) in [6.07, 6.45) is 5.88. The maximum Gasteiger partial charge on any atom is 0.105 e. The Morgan fingerprint density at radius 1 is 1.50 bits per heavy atom. The third-order valence-electron chi connectivity index (χ3n) is 3.10. The Kier molecular flexibility index (Phi) is 4.02. The van der Waals surface area contributed by atoms with E-state index in [-0.39, 0.29) is 0 Å². The standard InChI is InChI=1S/C13H21NO2/c1-10(8-12-4-3-7-15-12)14-9-13-6-5-11(2)16-13/h3-4,7,10-11,13-14H,5-6,8-9H2,1-2H3. The van der Waals surface area contributed by atoms with Gasteiger partial charge in [-0.15, -0.1) is 0 Å². The highest BCUT2D eigenvalue weighted by Crippen LogP contribution is 2.18. The van der Waals surface area contributed by atoms with Gasteiger partial charge >= 0.3 is 0 Å². The number of furan rings is 1. The molecule has 1 saturated heterocycles. The molecule has 0 spiro atoms. The number of hydrogen-bond acceptors (Lipinski definition) is 3. The van der Waals surface area contributed by atoms with Gasteiger partial charge in [0.2, 0.25) is 0 Å². The summed E-state index contributed by atoms with van der Waals surface area (Å²) in [4.78, 5) is 0. The molecule has 1 aliphatic heterocycles. The summed E-state index contributed by atoms with van der Waals surface area (Å²) in [5.74, 6) is 1.04. The zero-order valence-electron chi connectivity index (χ0n) is 10.1. The molecular formula is C13H21NO2. The first-order chi connectivity index (χ1) is 7.74.